The monoisotopic (exact) mass is 291 g/mol. The van der Waals surface area contributed by atoms with E-state index in [4.69, 9.17) is 0 Å². The van der Waals surface area contributed by atoms with Gasteiger partial charge in [0.15, 0.2) is 9.84 Å². The van der Waals surface area contributed by atoms with Gasteiger partial charge in [0.2, 0.25) is 0 Å². The Kier molecular flexibility index (Phi) is 7.28. The summed E-state index contributed by atoms with van der Waals surface area (Å²) in [6.45, 7) is 7.33. The van der Waals surface area contributed by atoms with Gasteiger partial charge in [0, 0.05) is 32.2 Å². The van der Waals surface area contributed by atoms with Gasteiger partial charge in [-0.3, -0.25) is 0 Å². The van der Waals surface area contributed by atoms with Crippen LogP contribution >= 0.6 is 0 Å². The fourth-order valence-corrected chi connectivity index (χ4v) is 4.08. The predicted molar refractivity (Wildman–Crippen MR) is 80.3 cm³/mol. The maximum absolute atomic E-state index is 11.4. The molecule has 1 atom stereocenters. The van der Waals surface area contributed by atoms with E-state index in [2.05, 4.69) is 36.1 Å². The molecule has 0 radical (unpaired) electrons. The minimum absolute atomic E-state index is 0.169. The Labute approximate surface area is 118 Å². The maximum Gasteiger partial charge on any atom is 0.151 e. The summed E-state index contributed by atoms with van der Waals surface area (Å²) in [6, 6.07) is 0.169. The normalized spacial score (nSPS) is 22.5. The molecule has 0 aromatic carbocycles. The second kappa shape index (κ2) is 8.19. The van der Waals surface area contributed by atoms with E-state index in [9.17, 15) is 8.42 Å². The highest BCUT2D eigenvalue weighted by molar-refractivity contribution is 7.91. The summed E-state index contributed by atoms with van der Waals surface area (Å²) >= 11 is 0. The Hall–Kier alpha value is -0.170. The van der Waals surface area contributed by atoms with Crippen molar-refractivity contribution in [1.82, 2.24) is 15.1 Å². The number of likely N-dealkylation sites (N-methyl/N-ethyl adjacent to an activating group) is 1. The number of nitrogens with one attached hydrogen (secondary N) is 1. The lowest BCUT2D eigenvalue weighted by molar-refractivity contribution is 0.239. The van der Waals surface area contributed by atoms with Gasteiger partial charge in [0.1, 0.15) is 0 Å². The van der Waals surface area contributed by atoms with E-state index in [1.54, 1.807) is 0 Å². The summed E-state index contributed by atoms with van der Waals surface area (Å²) in [5.74, 6) is 0.669. The maximum atomic E-state index is 11.4. The summed E-state index contributed by atoms with van der Waals surface area (Å²) in [5.41, 5.74) is 0. The van der Waals surface area contributed by atoms with Crippen LogP contribution in [0.1, 0.15) is 19.8 Å². The summed E-state index contributed by atoms with van der Waals surface area (Å²) < 4.78 is 22.7. The Balaban J connectivity index is 2.20. The van der Waals surface area contributed by atoms with Crippen molar-refractivity contribution in [2.24, 2.45) is 0 Å². The van der Waals surface area contributed by atoms with E-state index in [-0.39, 0.29) is 6.04 Å². The van der Waals surface area contributed by atoms with Gasteiger partial charge < -0.3 is 15.1 Å². The van der Waals surface area contributed by atoms with Crippen molar-refractivity contribution in [3.63, 3.8) is 0 Å². The SMILES string of the molecule is CCCN(CCNC1CCS(=O)(=O)C1)CCN(C)C. The fourth-order valence-electron chi connectivity index (χ4n) is 2.38. The number of hydrogen-bond donors (Lipinski definition) is 1. The van der Waals surface area contributed by atoms with Crippen LogP contribution in [0.25, 0.3) is 0 Å². The lowest BCUT2D eigenvalue weighted by Crippen LogP contribution is -2.40. The molecule has 0 amide bonds. The van der Waals surface area contributed by atoms with E-state index in [1.165, 1.54) is 0 Å². The molecule has 1 aliphatic rings. The van der Waals surface area contributed by atoms with Gasteiger partial charge in [0.05, 0.1) is 11.5 Å². The molecule has 0 aromatic rings. The van der Waals surface area contributed by atoms with Crippen molar-refractivity contribution >= 4 is 9.84 Å². The molecule has 19 heavy (non-hydrogen) atoms. The number of hydrogen-bond acceptors (Lipinski definition) is 5. The third kappa shape index (κ3) is 7.25. The van der Waals surface area contributed by atoms with E-state index >= 15 is 0 Å². The number of nitrogens with zero attached hydrogens (tertiary/aromatic N) is 2. The summed E-state index contributed by atoms with van der Waals surface area (Å²) in [7, 11) is 1.42. The zero-order valence-corrected chi connectivity index (χ0v) is 13.4. The first-order valence-corrected chi connectivity index (χ1v) is 9.06. The smallest absolute Gasteiger partial charge is 0.151 e. The van der Waals surface area contributed by atoms with E-state index in [1.807, 2.05) is 0 Å². The van der Waals surface area contributed by atoms with Crippen molar-refractivity contribution in [3.05, 3.63) is 0 Å². The molecule has 1 fully saturated rings. The zero-order valence-electron chi connectivity index (χ0n) is 12.6. The molecule has 1 heterocycles. The Morgan fingerprint density at radius 1 is 1.16 bits per heavy atom. The average Bonchev–Trinajstić information content (AvgIpc) is 2.66. The first-order valence-electron chi connectivity index (χ1n) is 7.24. The Bertz CT molecular complexity index is 344. The Morgan fingerprint density at radius 2 is 1.89 bits per heavy atom. The molecule has 1 N–H and O–H groups in total. The van der Waals surface area contributed by atoms with Crippen LogP contribution in [0.5, 0.6) is 0 Å². The van der Waals surface area contributed by atoms with E-state index in [0.29, 0.717) is 11.5 Å². The lowest BCUT2D eigenvalue weighted by Gasteiger charge is -2.24. The predicted octanol–water partition coefficient (Wildman–Crippen LogP) is 0.0367. The minimum Gasteiger partial charge on any atom is -0.312 e. The summed E-state index contributed by atoms with van der Waals surface area (Å²) in [6.07, 6.45) is 1.93. The average molecular weight is 291 g/mol. The van der Waals surface area contributed by atoms with Crippen molar-refractivity contribution in [2.75, 3.05) is 58.3 Å². The standard InChI is InChI=1S/C13H29N3O2S/c1-4-7-16(10-9-15(2)3)8-6-14-13-5-11-19(17,18)12-13/h13-14H,4-12H2,1-3H3. The highest BCUT2D eigenvalue weighted by atomic mass is 32.2. The molecule has 1 aliphatic heterocycles. The highest BCUT2D eigenvalue weighted by Crippen LogP contribution is 2.10. The van der Waals surface area contributed by atoms with Gasteiger partial charge in [-0.1, -0.05) is 6.92 Å². The molecular weight excluding hydrogens is 262 g/mol. The summed E-state index contributed by atoms with van der Waals surface area (Å²) in [4.78, 5) is 4.64. The molecule has 6 heteroatoms. The topological polar surface area (TPSA) is 52.7 Å². The Morgan fingerprint density at radius 3 is 2.42 bits per heavy atom. The van der Waals surface area contributed by atoms with E-state index < -0.39 is 9.84 Å². The van der Waals surface area contributed by atoms with Crippen LogP contribution in [0.4, 0.5) is 0 Å². The molecule has 1 unspecified atom stereocenters. The molecular formula is C13H29N3O2S. The lowest BCUT2D eigenvalue weighted by atomic mass is 10.2. The van der Waals surface area contributed by atoms with Crippen molar-refractivity contribution in [2.45, 2.75) is 25.8 Å². The van der Waals surface area contributed by atoms with Crippen molar-refractivity contribution < 1.29 is 8.42 Å². The second-order valence-corrected chi connectivity index (χ2v) is 7.93. The fraction of sp³-hybridized carbons (Fsp3) is 1.00. The number of sulfone groups is 1. The molecule has 0 aliphatic carbocycles. The van der Waals surface area contributed by atoms with Crippen molar-refractivity contribution in [3.8, 4) is 0 Å². The van der Waals surface area contributed by atoms with Crippen molar-refractivity contribution in [1.29, 1.82) is 0 Å². The first kappa shape index (κ1) is 16.9. The minimum atomic E-state index is -2.76. The third-order valence-corrected chi connectivity index (χ3v) is 5.26. The molecule has 5 nitrogen and oxygen atoms in total. The van der Waals surface area contributed by atoms with E-state index in [0.717, 1.165) is 45.6 Å². The van der Waals surface area contributed by atoms with Gasteiger partial charge in [-0.05, 0) is 33.5 Å². The van der Waals surface area contributed by atoms with Gasteiger partial charge >= 0.3 is 0 Å². The quantitative estimate of drug-likeness (QED) is 0.650. The van der Waals surface area contributed by atoms with Crippen LogP contribution in [0.2, 0.25) is 0 Å². The summed E-state index contributed by atoms with van der Waals surface area (Å²) in [5, 5.41) is 3.38. The van der Waals surface area contributed by atoms with Crippen LogP contribution < -0.4 is 5.32 Å². The molecule has 0 aromatic heterocycles. The molecule has 0 saturated carbocycles. The van der Waals surface area contributed by atoms with Gasteiger partial charge in [-0.2, -0.15) is 0 Å². The largest absolute Gasteiger partial charge is 0.312 e. The second-order valence-electron chi connectivity index (χ2n) is 5.70. The third-order valence-electron chi connectivity index (χ3n) is 3.50. The van der Waals surface area contributed by atoms with Crippen LogP contribution in [-0.2, 0) is 9.84 Å². The zero-order chi connectivity index (χ0) is 14.3. The van der Waals surface area contributed by atoms with Crippen LogP contribution in [0.3, 0.4) is 0 Å². The van der Waals surface area contributed by atoms with Crippen LogP contribution in [0.15, 0.2) is 0 Å². The highest BCUT2D eigenvalue weighted by Gasteiger charge is 2.27. The number of rotatable bonds is 9. The molecule has 0 spiro atoms. The molecule has 114 valence electrons. The van der Waals surface area contributed by atoms with Gasteiger partial charge in [0.25, 0.3) is 0 Å². The molecule has 1 rings (SSSR count). The van der Waals surface area contributed by atoms with Gasteiger partial charge in [-0.25, -0.2) is 8.42 Å². The van der Waals surface area contributed by atoms with Crippen LogP contribution in [0, 0.1) is 0 Å². The molecule has 0 bridgehead atoms. The van der Waals surface area contributed by atoms with Gasteiger partial charge in [-0.15, -0.1) is 0 Å². The molecule has 1 saturated heterocycles. The van der Waals surface area contributed by atoms with Crippen LogP contribution in [-0.4, -0.2) is 82.6 Å². The first-order chi connectivity index (χ1) is 8.93.